The number of hydrogen-bond acceptors (Lipinski definition) is 4. The summed E-state index contributed by atoms with van der Waals surface area (Å²) in [4.78, 5) is 27.5. The number of carbonyl (C=O) groups excluding carboxylic acids is 2. The molecule has 1 amide bonds. The van der Waals surface area contributed by atoms with Gasteiger partial charge in [-0.2, -0.15) is 0 Å². The third-order valence-electron chi connectivity index (χ3n) is 10.8. The summed E-state index contributed by atoms with van der Waals surface area (Å²) in [5.41, 5.74) is 1.26. The van der Waals surface area contributed by atoms with E-state index >= 15 is 0 Å². The fourth-order valence-corrected chi connectivity index (χ4v) is 8.29. The van der Waals surface area contributed by atoms with Crippen molar-refractivity contribution in [3.05, 3.63) is 69.7 Å². The van der Waals surface area contributed by atoms with Gasteiger partial charge in [0.25, 0.3) is 0 Å². The molecule has 1 saturated heterocycles. The fourth-order valence-electron chi connectivity index (χ4n) is 7.90. The summed E-state index contributed by atoms with van der Waals surface area (Å²) in [6, 6.07) is 14.7. The lowest BCUT2D eigenvalue weighted by Crippen LogP contribution is -2.65. The number of ketones is 1. The first-order chi connectivity index (χ1) is 19.5. The van der Waals surface area contributed by atoms with E-state index in [1.54, 1.807) is 18.2 Å². The molecule has 6 atom stereocenters. The maximum absolute atomic E-state index is 14.1. The standard InChI is InChI=1S/C33H40BCl2NO4/c1-32(2)23-17-28(32)33(3)29(18-23)40-34(41-33)30(15-21-10-7-11-21)37-31(39)22(14-20-8-5-4-6-9-20)16-27(38)25-19-24(35)12-13-26(25)36/h4-6,8-9,12-13,19,21-23,28-30H,7,10-11,14-18H2,1-3H3,(H,37,39)/t22-,23+,28+,29-,30+,33+/m1/s1. The van der Waals surface area contributed by atoms with Gasteiger partial charge in [0.05, 0.1) is 22.7 Å². The number of hydrogen-bond donors (Lipinski definition) is 1. The van der Waals surface area contributed by atoms with Crippen molar-refractivity contribution in [2.24, 2.45) is 29.1 Å². The van der Waals surface area contributed by atoms with Crippen LogP contribution in [-0.4, -0.2) is 36.5 Å². The van der Waals surface area contributed by atoms with Gasteiger partial charge in [-0.15, -0.1) is 0 Å². The number of halogens is 2. The Bertz CT molecular complexity index is 1300. The number of amides is 1. The number of benzene rings is 2. The van der Waals surface area contributed by atoms with Crippen LogP contribution in [0.15, 0.2) is 48.5 Å². The van der Waals surface area contributed by atoms with Gasteiger partial charge in [0.2, 0.25) is 5.91 Å². The average Bonchev–Trinajstić information content (AvgIpc) is 3.28. The average molecular weight is 596 g/mol. The maximum atomic E-state index is 14.1. The van der Waals surface area contributed by atoms with Crippen LogP contribution in [0.25, 0.3) is 0 Å². The molecule has 7 rings (SSSR count). The van der Waals surface area contributed by atoms with E-state index in [0.29, 0.717) is 39.8 Å². The minimum atomic E-state index is -0.574. The Morgan fingerprint density at radius 2 is 1.83 bits per heavy atom. The Hall–Kier alpha value is -1.86. The number of Topliss-reactive ketones (excluding diaryl/α,β-unsaturated/α-hetero) is 1. The molecule has 1 aliphatic heterocycles. The summed E-state index contributed by atoms with van der Waals surface area (Å²) < 4.78 is 13.4. The second-order valence-electron chi connectivity index (χ2n) is 13.6. The van der Waals surface area contributed by atoms with Crippen molar-refractivity contribution in [2.45, 2.75) is 89.8 Å². The molecule has 218 valence electrons. The zero-order chi connectivity index (χ0) is 28.9. The molecule has 5 aliphatic rings. The number of rotatable bonds is 10. The van der Waals surface area contributed by atoms with E-state index in [9.17, 15) is 9.59 Å². The van der Waals surface area contributed by atoms with Gasteiger partial charge in [0.15, 0.2) is 5.78 Å². The van der Waals surface area contributed by atoms with E-state index in [1.165, 1.54) is 12.8 Å². The van der Waals surface area contributed by atoms with Crippen LogP contribution in [0, 0.1) is 29.1 Å². The van der Waals surface area contributed by atoms with Crippen LogP contribution in [0.2, 0.25) is 10.0 Å². The molecular weight excluding hydrogens is 556 g/mol. The monoisotopic (exact) mass is 595 g/mol. The van der Waals surface area contributed by atoms with Crippen LogP contribution < -0.4 is 5.32 Å². The van der Waals surface area contributed by atoms with Gasteiger partial charge in [0.1, 0.15) is 0 Å². The molecule has 0 spiro atoms. The van der Waals surface area contributed by atoms with Crippen molar-refractivity contribution in [3.8, 4) is 0 Å². The highest BCUT2D eigenvalue weighted by molar-refractivity contribution is 6.48. The van der Waals surface area contributed by atoms with Gasteiger partial charge in [-0.05, 0) is 79.5 Å². The Morgan fingerprint density at radius 3 is 2.51 bits per heavy atom. The number of carbonyl (C=O) groups is 2. The minimum Gasteiger partial charge on any atom is -0.404 e. The van der Waals surface area contributed by atoms with Gasteiger partial charge >= 0.3 is 7.12 Å². The number of nitrogens with one attached hydrogen (secondary N) is 1. The van der Waals surface area contributed by atoms with Crippen molar-refractivity contribution in [1.29, 1.82) is 0 Å². The van der Waals surface area contributed by atoms with Gasteiger partial charge < -0.3 is 14.6 Å². The second kappa shape index (κ2) is 11.3. The van der Waals surface area contributed by atoms with E-state index < -0.39 is 13.0 Å². The lowest BCUT2D eigenvalue weighted by atomic mass is 9.43. The molecule has 4 aliphatic carbocycles. The molecule has 2 bridgehead atoms. The van der Waals surface area contributed by atoms with Crippen LogP contribution in [0.4, 0.5) is 0 Å². The SMILES string of the molecule is CC1(C)[C@@H]2C[C@H]3OB([C@H](CC4CCC4)NC(=O)[C@@H](CC(=O)c4cc(Cl)ccc4Cl)Cc4ccccc4)O[C@@]3(C)[C@H]1C2. The zero-order valence-electron chi connectivity index (χ0n) is 24.2. The first-order valence-electron chi connectivity index (χ1n) is 15.2. The lowest BCUT2D eigenvalue weighted by molar-refractivity contribution is -0.199. The lowest BCUT2D eigenvalue weighted by Gasteiger charge is -2.64. The van der Waals surface area contributed by atoms with Crippen molar-refractivity contribution in [1.82, 2.24) is 5.32 Å². The summed E-state index contributed by atoms with van der Waals surface area (Å²) in [5, 5.41) is 4.11. The summed E-state index contributed by atoms with van der Waals surface area (Å²) >= 11 is 12.5. The fraction of sp³-hybridized carbons (Fsp3) is 0.576. The maximum Gasteiger partial charge on any atom is 0.481 e. The van der Waals surface area contributed by atoms with Crippen LogP contribution in [0.1, 0.15) is 81.6 Å². The van der Waals surface area contributed by atoms with E-state index in [4.69, 9.17) is 32.5 Å². The van der Waals surface area contributed by atoms with Gasteiger partial charge in [-0.1, -0.05) is 86.6 Å². The predicted molar refractivity (Wildman–Crippen MR) is 163 cm³/mol. The Balaban J connectivity index is 1.22. The third kappa shape index (κ3) is 5.62. The molecular formula is C33H40BCl2NO4. The molecule has 4 saturated carbocycles. The van der Waals surface area contributed by atoms with E-state index in [0.717, 1.165) is 31.2 Å². The Labute approximate surface area is 254 Å². The third-order valence-corrected chi connectivity index (χ3v) is 11.4. The Morgan fingerprint density at radius 1 is 1.07 bits per heavy atom. The van der Waals surface area contributed by atoms with Crippen LogP contribution in [-0.2, 0) is 20.5 Å². The molecule has 2 aromatic carbocycles. The van der Waals surface area contributed by atoms with Crippen molar-refractivity contribution in [3.63, 3.8) is 0 Å². The van der Waals surface area contributed by atoms with Crippen LogP contribution >= 0.6 is 23.2 Å². The molecule has 1 heterocycles. The molecule has 41 heavy (non-hydrogen) atoms. The van der Waals surface area contributed by atoms with Gasteiger partial charge in [-0.25, -0.2) is 0 Å². The highest BCUT2D eigenvalue weighted by Crippen LogP contribution is 2.65. The van der Waals surface area contributed by atoms with Crippen LogP contribution in [0.5, 0.6) is 0 Å². The molecule has 0 radical (unpaired) electrons. The second-order valence-corrected chi connectivity index (χ2v) is 14.5. The summed E-state index contributed by atoms with van der Waals surface area (Å²) in [7, 11) is -0.486. The highest BCUT2D eigenvalue weighted by atomic mass is 35.5. The van der Waals surface area contributed by atoms with E-state index in [-0.39, 0.29) is 41.2 Å². The summed E-state index contributed by atoms with van der Waals surface area (Å²) in [6.45, 7) is 6.93. The minimum absolute atomic E-state index is 0.0294. The molecule has 1 N–H and O–H groups in total. The molecule has 0 aromatic heterocycles. The van der Waals surface area contributed by atoms with Crippen molar-refractivity contribution in [2.75, 3.05) is 0 Å². The smallest absolute Gasteiger partial charge is 0.404 e. The quantitative estimate of drug-likeness (QED) is 0.230. The normalized spacial score (nSPS) is 29.6. The van der Waals surface area contributed by atoms with Crippen LogP contribution in [0.3, 0.4) is 0 Å². The highest BCUT2D eigenvalue weighted by Gasteiger charge is 2.68. The Kier molecular flexibility index (Phi) is 8.08. The summed E-state index contributed by atoms with van der Waals surface area (Å²) in [6.07, 6.45) is 7.09. The van der Waals surface area contributed by atoms with Gasteiger partial charge in [-0.3, -0.25) is 9.59 Å². The zero-order valence-corrected chi connectivity index (χ0v) is 25.7. The van der Waals surface area contributed by atoms with E-state index in [1.807, 2.05) is 30.3 Å². The molecule has 0 unspecified atom stereocenters. The molecule has 8 heteroatoms. The first-order valence-corrected chi connectivity index (χ1v) is 16.0. The van der Waals surface area contributed by atoms with Gasteiger partial charge in [0, 0.05) is 22.9 Å². The predicted octanol–water partition coefficient (Wildman–Crippen LogP) is 7.37. The molecule has 2 aromatic rings. The summed E-state index contributed by atoms with van der Waals surface area (Å²) in [5.74, 6) is 0.475. The topological polar surface area (TPSA) is 64.6 Å². The first kappa shape index (κ1) is 29.2. The molecule has 5 fully saturated rings. The van der Waals surface area contributed by atoms with Crippen molar-refractivity contribution >= 4 is 42.0 Å². The largest absolute Gasteiger partial charge is 0.481 e. The molecule has 5 nitrogen and oxygen atoms in total. The van der Waals surface area contributed by atoms with E-state index in [2.05, 4.69) is 26.1 Å². The van der Waals surface area contributed by atoms with Crippen molar-refractivity contribution < 1.29 is 18.9 Å².